The van der Waals surface area contributed by atoms with Crippen LogP contribution < -0.4 is 0 Å². The third-order valence-corrected chi connectivity index (χ3v) is 5.04. The molecule has 1 fully saturated rings. The Kier molecular flexibility index (Phi) is 7.65. The van der Waals surface area contributed by atoms with E-state index in [-0.39, 0.29) is 18.0 Å². The van der Waals surface area contributed by atoms with E-state index in [1.165, 1.54) is 16.3 Å². The number of benzene rings is 2. The molecule has 1 saturated heterocycles. The van der Waals surface area contributed by atoms with Crippen LogP contribution in [0.25, 0.3) is 10.8 Å². The van der Waals surface area contributed by atoms with Gasteiger partial charge in [0.2, 0.25) is 0 Å². The van der Waals surface area contributed by atoms with Gasteiger partial charge in [-0.15, -0.1) is 0 Å². The van der Waals surface area contributed by atoms with Crippen molar-refractivity contribution < 1.29 is 9.53 Å². The predicted molar refractivity (Wildman–Crippen MR) is 109 cm³/mol. The summed E-state index contributed by atoms with van der Waals surface area (Å²) in [4.78, 5) is 14.6. The molecule has 0 aromatic heterocycles. The van der Waals surface area contributed by atoms with E-state index < -0.39 is 0 Å². The molecule has 3 rings (SSSR count). The van der Waals surface area contributed by atoms with Gasteiger partial charge in [0.05, 0.1) is 12.0 Å². The van der Waals surface area contributed by atoms with Crippen molar-refractivity contribution in [3.05, 3.63) is 48.0 Å². The molecule has 0 saturated carbocycles. The summed E-state index contributed by atoms with van der Waals surface area (Å²) in [6.07, 6.45) is 1.76. The number of carbonyl (C=O) groups excluding carboxylic acids is 1. The molecule has 0 N–H and O–H groups in total. The minimum atomic E-state index is -0.0255. The van der Waals surface area contributed by atoms with Crippen molar-refractivity contribution in [2.24, 2.45) is 5.92 Å². The van der Waals surface area contributed by atoms with E-state index in [2.05, 4.69) is 54.3 Å². The summed E-state index contributed by atoms with van der Waals surface area (Å²) < 4.78 is 5.37. The molecule has 0 bridgehead atoms. The summed E-state index contributed by atoms with van der Waals surface area (Å²) in [7, 11) is 0. The third kappa shape index (κ3) is 4.85. The molecule has 142 valence electrons. The van der Waals surface area contributed by atoms with Crippen LogP contribution in [-0.2, 0) is 9.53 Å². The number of piperidine rings is 1. The zero-order chi connectivity index (χ0) is 19.1. The number of hydrogen-bond donors (Lipinski definition) is 0. The molecule has 1 aliphatic heterocycles. The van der Waals surface area contributed by atoms with Crippen LogP contribution in [-0.4, -0.2) is 30.1 Å². The summed E-state index contributed by atoms with van der Waals surface area (Å²) in [5.41, 5.74) is 1.37. The molecule has 1 aliphatic rings. The second-order valence-corrected chi connectivity index (χ2v) is 7.04. The zero-order valence-electron chi connectivity index (χ0n) is 16.9. The fraction of sp³-hybridized carbons (Fsp3) is 0.522. The molecule has 3 heteroatoms. The fourth-order valence-corrected chi connectivity index (χ4v) is 3.66. The van der Waals surface area contributed by atoms with E-state index in [4.69, 9.17) is 4.74 Å². The molecule has 0 aliphatic carbocycles. The highest BCUT2D eigenvalue weighted by Crippen LogP contribution is 2.31. The molecule has 26 heavy (non-hydrogen) atoms. The molecule has 0 radical (unpaired) electrons. The van der Waals surface area contributed by atoms with Crippen LogP contribution in [0.4, 0.5) is 0 Å². The van der Waals surface area contributed by atoms with Crippen LogP contribution >= 0.6 is 0 Å². The second kappa shape index (κ2) is 9.72. The lowest BCUT2D eigenvalue weighted by Crippen LogP contribution is -2.38. The van der Waals surface area contributed by atoms with E-state index >= 15 is 0 Å². The van der Waals surface area contributed by atoms with E-state index in [0.717, 1.165) is 25.9 Å². The maximum Gasteiger partial charge on any atom is 0.309 e. The Hall–Kier alpha value is -1.87. The molecule has 2 aromatic rings. The Morgan fingerprint density at radius 2 is 1.62 bits per heavy atom. The van der Waals surface area contributed by atoms with Crippen LogP contribution in [0.5, 0.6) is 0 Å². The summed E-state index contributed by atoms with van der Waals surface area (Å²) in [6, 6.07) is 15.5. The van der Waals surface area contributed by atoms with Gasteiger partial charge >= 0.3 is 5.97 Å². The average molecular weight is 356 g/mol. The molecule has 3 nitrogen and oxygen atoms in total. The zero-order valence-corrected chi connectivity index (χ0v) is 16.9. The normalized spacial score (nSPS) is 16.8. The number of likely N-dealkylation sites (tertiary alicyclic amines) is 1. The molecule has 1 atom stereocenters. The lowest BCUT2D eigenvalue weighted by Gasteiger charge is -2.36. The lowest BCUT2D eigenvalue weighted by atomic mass is 9.93. The first-order valence-electron chi connectivity index (χ1n) is 9.98. The molecule has 0 amide bonds. The Morgan fingerprint density at radius 1 is 1.00 bits per heavy atom. The molecule has 1 unspecified atom stereocenters. The van der Waals surface area contributed by atoms with Crippen molar-refractivity contribution in [2.45, 2.75) is 59.6 Å². The first-order chi connectivity index (χ1) is 12.6. The number of nitrogens with zero attached hydrogens (tertiary/aromatic N) is 1. The Labute approximate surface area is 158 Å². The summed E-state index contributed by atoms with van der Waals surface area (Å²) in [5, 5.41) is 2.62. The molecule has 0 spiro atoms. The number of rotatable bonds is 4. The van der Waals surface area contributed by atoms with Gasteiger partial charge in [0.25, 0.3) is 0 Å². The fourth-order valence-electron chi connectivity index (χ4n) is 3.66. The quantitative estimate of drug-likeness (QED) is 0.670. The Balaban J connectivity index is 0.00000117. The standard InChI is InChI=1S/C21H27NO2.C2H6/c1-15(2)24-21(23)18-11-13-22(14-12-18)16(3)19-10-6-8-17-7-4-5-9-20(17)19;1-2/h4-10,15-16,18H,11-14H2,1-3H3;1-2H3. The van der Waals surface area contributed by atoms with Gasteiger partial charge in [0, 0.05) is 6.04 Å². The van der Waals surface area contributed by atoms with E-state index in [0.29, 0.717) is 6.04 Å². The van der Waals surface area contributed by atoms with Gasteiger partial charge in [0.1, 0.15) is 0 Å². The van der Waals surface area contributed by atoms with Gasteiger partial charge in [-0.1, -0.05) is 56.3 Å². The Bertz CT molecular complexity index is 697. The number of esters is 1. The van der Waals surface area contributed by atoms with Gasteiger partial charge in [0.15, 0.2) is 0 Å². The third-order valence-electron chi connectivity index (χ3n) is 5.04. The number of carbonyl (C=O) groups is 1. The van der Waals surface area contributed by atoms with Crippen molar-refractivity contribution in [3.63, 3.8) is 0 Å². The monoisotopic (exact) mass is 355 g/mol. The van der Waals surface area contributed by atoms with Gasteiger partial charge < -0.3 is 4.74 Å². The predicted octanol–water partition coefficient (Wildman–Crippen LogP) is 5.59. The van der Waals surface area contributed by atoms with Gasteiger partial charge in [-0.05, 0) is 63.0 Å². The average Bonchev–Trinajstić information content (AvgIpc) is 2.68. The first-order valence-corrected chi connectivity index (χ1v) is 9.98. The van der Waals surface area contributed by atoms with Crippen LogP contribution in [0.1, 0.15) is 59.1 Å². The minimum absolute atomic E-state index is 0.0230. The molecular weight excluding hydrogens is 322 g/mol. The van der Waals surface area contributed by atoms with Gasteiger partial charge in [-0.2, -0.15) is 0 Å². The highest BCUT2D eigenvalue weighted by molar-refractivity contribution is 5.86. The van der Waals surface area contributed by atoms with Crippen molar-refractivity contribution in [3.8, 4) is 0 Å². The van der Waals surface area contributed by atoms with Crippen molar-refractivity contribution >= 4 is 16.7 Å². The SMILES string of the molecule is CC.CC(C)OC(=O)C1CCN(C(C)c2cccc3ccccc23)CC1. The molecular formula is C23H33NO2. The van der Waals surface area contributed by atoms with Crippen LogP contribution in [0, 0.1) is 5.92 Å². The minimum Gasteiger partial charge on any atom is -0.463 e. The molecule has 2 aromatic carbocycles. The topological polar surface area (TPSA) is 29.5 Å². The Morgan fingerprint density at radius 3 is 2.27 bits per heavy atom. The maximum atomic E-state index is 12.1. The number of hydrogen-bond acceptors (Lipinski definition) is 3. The lowest BCUT2D eigenvalue weighted by molar-refractivity contribution is -0.154. The van der Waals surface area contributed by atoms with Gasteiger partial charge in [-0.3, -0.25) is 9.69 Å². The second-order valence-electron chi connectivity index (χ2n) is 7.04. The van der Waals surface area contributed by atoms with Crippen LogP contribution in [0.3, 0.4) is 0 Å². The van der Waals surface area contributed by atoms with Crippen molar-refractivity contribution in [2.75, 3.05) is 13.1 Å². The number of fused-ring (bicyclic) bond motifs is 1. The van der Waals surface area contributed by atoms with E-state index in [1.807, 2.05) is 27.7 Å². The van der Waals surface area contributed by atoms with E-state index in [1.54, 1.807) is 0 Å². The smallest absolute Gasteiger partial charge is 0.309 e. The van der Waals surface area contributed by atoms with Gasteiger partial charge in [-0.25, -0.2) is 0 Å². The highest BCUT2D eigenvalue weighted by atomic mass is 16.5. The van der Waals surface area contributed by atoms with Crippen LogP contribution in [0.2, 0.25) is 0 Å². The number of ether oxygens (including phenoxy) is 1. The van der Waals surface area contributed by atoms with Crippen molar-refractivity contribution in [1.82, 2.24) is 4.90 Å². The maximum absolute atomic E-state index is 12.1. The summed E-state index contributed by atoms with van der Waals surface area (Å²) in [6.45, 7) is 12.0. The summed E-state index contributed by atoms with van der Waals surface area (Å²) in [5.74, 6) is 0.0332. The largest absolute Gasteiger partial charge is 0.463 e. The van der Waals surface area contributed by atoms with Crippen LogP contribution in [0.15, 0.2) is 42.5 Å². The molecule has 1 heterocycles. The first kappa shape index (κ1) is 20.4. The van der Waals surface area contributed by atoms with E-state index in [9.17, 15) is 4.79 Å². The highest BCUT2D eigenvalue weighted by Gasteiger charge is 2.29. The van der Waals surface area contributed by atoms with Crippen molar-refractivity contribution in [1.29, 1.82) is 0 Å². The summed E-state index contributed by atoms with van der Waals surface area (Å²) >= 11 is 0.